The summed E-state index contributed by atoms with van der Waals surface area (Å²) in [5.41, 5.74) is 6.31. The fraction of sp³-hybridized carbons (Fsp3) is 0.444. The summed E-state index contributed by atoms with van der Waals surface area (Å²) in [7, 11) is 0. The zero-order chi connectivity index (χ0) is 9.10. The van der Waals surface area contributed by atoms with Crippen LogP contribution in [0, 0.1) is 0 Å². The van der Waals surface area contributed by atoms with E-state index in [0.29, 0.717) is 19.8 Å². The number of nitrogens with two attached hydrogens (primary N) is 1. The fourth-order valence-corrected chi connectivity index (χ4v) is 1.15. The van der Waals surface area contributed by atoms with Crippen molar-refractivity contribution < 1.29 is 9.47 Å². The third-order valence-corrected chi connectivity index (χ3v) is 1.94. The van der Waals surface area contributed by atoms with Gasteiger partial charge >= 0.3 is 0 Å². The minimum absolute atomic E-state index is 0.175. The van der Waals surface area contributed by atoms with Crippen LogP contribution < -0.4 is 10.5 Å². The predicted octanol–water partition coefficient (Wildman–Crippen LogP) is 0.318. The molecule has 1 aromatic heterocycles. The van der Waals surface area contributed by atoms with Gasteiger partial charge in [-0.05, 0) is 12.1 Å². The maximum absolute atomic E-state index is 5.60. The zero-order valence-corrected chi connectivity index (χ0v) is 7.27. The lowest BCUT2D eigenvalue weighted by Crippen LogP contribution is -2.38. The molecule has 13 heavy (non-hydrogen) atoms. The highest BCUT2D eigenvalue weighted by atomic mass is 16.6. The smallest absolute Gasteiger partial charge is 0.145 e. The lowest BCUT2D eigenvalue weighted by Gasteiger charge is -2.27. The van der Waals surface area contributed by atoms with Crippen molar-refractivity contribution in [1.29, 1.82) is 0 Å². The molecule has 0 amide bonds. The van der Waals surface area contributed by atoms with Crippen LogP contribution in [0.1, 0.15) is 5.69 Å². The minimum atomic E-state index is 0.175. The Morgan fingerprint density at radius 1 is 1.62 bits per heavy atom. The highest BCUT2D eigenvalue weighted by molar-refractivity contribution is 5.26. The highest BCUT2D eigenvalue weighted by Gasteiger charge is 2.21. The van der Waals surface area contributed by atoms with Crippen molar-refractivity contribution in [3.63, 3.8) is 0 Å². The van der Waals surface area contributed by atoms with Gasteiger partial charge in [-0.1, -0.05) is 0 Å². The normalized spacial score (nSPS) is 16.7. The van der Waals surface area contributed by atoms with Crippen LogP contribution in [-0.4, -0.2) is 24.3 Å². The van der Waals surface area contributed by atoms with Gasteiger partial charge in [0.2, 0.25) is 0 Å². The molecule has 1 fully saturated rings. The van der Waals surface area contributed by atoms with Crippen molar-refractivity contribution in [2.75, 3.05) is 13.2 Å². The van der Waals surface area contributed by atoms with E-state index in [1.807, 2.05) is 12.1 Å². The zero-order valence-electron chi connectivity index (χ0n) is 7.27. The van der Waals surface area contributed by atoms with Crippen LogP contribution in [0.2, 0.25) is 0 Å². The Hall–Kier alpha value is -1.13. The van der Waals surface area contributed by atoms with E-state index in [9.17, 15) is 0 Å². The predicted molar refractivity (Wildman–Crippen MR) is 47.4 cm³/mol. The van der Waals surface area contributed by atoms with Crippen LogP contribution >= 0.6 is 0 Å². The first-order chi connectivity index (χ1) is 6.40. The molecule has 0 aromatic carbocycles. The van der Waals surface area contributed by atoms with Gasteiger partial charge < -0.3 is 15.2 Å². The van der Waals surface area contributed by atoms with Crippen LogP contribution in [0.15, 0.2) is 18.3 Å². The number of pyridine rings is 1. The molecule has 1 aromatic rings. The van der Waals surface area contributed by atoms with E-state index < -0.39 is 0 Å². The SMILES string of the molecule is NCc1ncccc1OC1COC1. The van der Waals surface area contributed by atoms with Crippen LogP contribution in [0.4, 0.5) is 0 Å². The number of aromatic nitrogens is 1. The fourth-order valence-electron chi connectivity index (χ4n) is 1.15. The highest BCUT2D eigenvalue weighted by Crippen LogP contribution is 2.18. The molecule has 0 spiro atoms. The van der Waals surface area contributed by atoms with Gasteiger partial charge in [-0.25, -0.2) is 0 Å². The van der Waals surface area contributed by atoms with Crippen LogP contribution in [0.25, 0.3) is 0 Å². The van der Waals surface area contributed by atoms with E-state index in [2.05, 4.69) is 4.98 Å². The lowest BCUT2D eigenvalue weighted by atomic mass is 10.3. The van der Waals surface area contributed by atoms with Crippen molar-refractivity contribution in [3.05, 3.63) is 24.0 Å². The van der Waals surface area contributed by atoms with Gasteiger partial charge in [-0.3, -0.25) is 4.98 Å². The van der Waals surface area contributed by atoms with Crippen molar-refractivity contribution >= 4 is 0 Å². The first-order valence-electron chi connectivity index (χ1n) is 4.28. The van der Waals surface area contributed by atoms with E-state index in [-0.39, 0.29) is 6.10 Å². The molecular formula is C9H12N2O2. The Kier molecular flexibility index (Phi) is 2.42. The summed E-state index contributed by atoms with van der Waals surface area (Å²) in [6.07, 6.45) is 1.89. The Balaban J connectivity index is 2.08. The van der Waals surface area contributed by atoms with Gasteiger partial charge in [0.05, 0.1) is 18.9 Å². The van der Waals surface area contributed by atoms with Crippen molar-refractivity contribution in [2.24, 2.45) is 5.73 Å². The van der Waals surface area contributed by atoms with E-state index in [1.54, 1.807) is 6.20 Å². The van der Waals surface area contributed by atoms with Gasteiger partial charge in [-0.15, -0.1) is 0 Å². The first kappa shape index (κ1) is 8.47. The minimum Gasteiger partial charge on any atom is -0.484 e. The van der Waals surface area contributed by atoms with Gasteiger partial charge in [0.15, 0.2) is 0 Å². The Morgan fingerprint density at radius 2 is 2.46 bits per heavy atom. The van der Waals surface area contributed by atoms with Gasteiger partial charge in [0, 0.05) is 12.7 Å². The molecule has 4 nitrogen and oxygen atoms in total. The Bertz CT molecular complexity index is 287. The van der Waals surface area contributed by atoms with Gasteiger partial charge in [-0.2, -0.15) is 0 Å². The molecule has 1 aliphatic heterocycles. The second-order valence-corrected chi connectivity index (χ2v) is 2.93. The second-order valence-electron chi connectivity index (χ2n) is 2.93. The third-order valence-electron chi connectivity index (χ3n) is 1.94. The molecule has 70 valence electrons. The molecule has 0 radical (unpaired) electrons. The number of ether oxygens (including phenoxy) is 2. The van der Waals surface area contributed by atoms with Crippen molar-refractivity contribution in [1.82, 2.24) is 4.98 Å². The molecule has 2 rings (SSSR count). The summed E-state index contributed by atoms with van der Waals surface area (Å²) < 4.78 is 10.6. The third kappa shape index (κ3) is 1.79. The lowest BCUT2D eigenvalue weighted by molar-refractivity contribution is -0.0801. The van der Waals surface area contributed by atoms with E-state index in [0.717, 1.165) is 11.4 Å². The summed E-state index contributed by atoms with van der Waals surface area (Å²) in [5.74, 6) is 0.776. The average molecular weight is 180 g/mol. The number of nitrogens with zero attached hydrogens (tertiary/aromatic N) is 1. The van der Waals surface area contributed by atoms with Gasteiger partial charge in [0.25, 0.3) is 0 Å². The molecule has 0 atom stereocenters. The topological polar surface area (TPSA) is 57.4 Å². The summed E-state index contributed by atoms with van der Waals surface area (Å²) in [6.45, 7) is 1.74. The maximum Gasteiger partial charge on any atom is 0.145 e. The first-order valence-corrected chi connectivity index (χ1v) is 4.28. The molecule has 2 heterocycles. The van der Waals surface area contributed by atoms with Crippen LogP contribution in [-0.2, 0) is 11.3 Å². The van der Waals surface area contributed by atoms with E-state index >= 15 is 0 Å². The summed E-state index contributed by atoms with van der Waals surface area (Å²) in [5, 5.41) is 0. The quantitative estimate of drug-likeness (QED) is 0.727. The maximum atomic E-state index is 5.60. The van der Waals surface area contributed by atoms with Crippen LogP contribution in [0.3, 0.4) is 0 Å². The molecular weight excluding hydrogens is 168 g/mol. The summed E-state index contributed by atoms with van der Waals surface area (Å²) in [4.78, 5) is 4.12. The second kappa shape index (κ2) is 3.72. The largest absolute Gasteiger partial charge is 0.484 e. The number of hydrogen-bond donors (Lipinski definition) is 1. The monoisotopic (exact) mass is 180 g/mol. The molecule has 0 unspecified atom stereocenters. The van der Waals surface area contributed by atoms with E-state index in [1.165, 1.54) is 0 Å². The summed E-state index contributed by atoms with van der Waals surface area (Å²) >= 11 is 0. The summed E-state index contributed by atoms with van der Waals surface area (Å²) in [6, 6.07) is 3.72. The molecule has 0 bridgehead atoms. The number of hydrogen-bond acceptors (Lipinski definition) is 4. The van der Waals surface area contributed by atoms with Crippen LogP contribution in [0.5, 0.6) is 5.75 Å². The molecule has 1 saturated heterocycles. The van der Waals surface area contributed by atoms with Gasteiger partial charge in [0.1, 0.15) is 11.9 Å². The molecule has 4 heteroatoms. The molecule has 0 aliphatic carbocycles. The molecule has 0 saturated carbocycles. The van der Waals surface area contributed by atoms with Crippen molar-refractivity contribution in [2.45, 2.75) is 12.6 Å². The molecule has 2 N–H and O–H groups in total. The standard InChI is InChI=1S/C9H12N2O2/c10-4-8-9(2-1-3-11-8)13-7-5-12-6-7/h1-3,7H,4-6,10H2. The van der Waals surface area contributed by atoms with E-state index in [4.69, 9.17) is 15.2 Å². The average Bonchev–Trinajstić information content (AvgIpc) is 2.12. The number of rotatable bonds is 3. The molecule has 1 aliphatic rings. The van der Waals surface area contributed by atoms with Crippen molar-refractivity contribution in [3.8, 4) is 5.75 Å². The Labute approximate surface area is 76.7 Å². The Morgan fingerprint density at radius 3 is 3.08 bits per heavy atom.